The molecule has 0 saturated carbocycles. The SMILES string of the molecule is CN(CC(CCN1CCN([C@H](CCCCO)c2ccsc2)CC1)c1ccc(O)c(Cl)c1)C(=O)c1ccccc1. The Kier molecular flexibility index (Phi) is 11.2. The number of phenolic OH excluding ortho intramolecular Hbond substituents is 1. The maximum absolute atomic E-state index is 13.1. The van der Waals surface area contributed by atoms with Crippen LogP contribution in [-0.2, 0) is 0 Å². The van der Waals surface area contributed by atoms with Gasteiger partial charge in [0.2, 0.25) is 0 Å². The molecule has 2 atom stereocenters. The predicted octanol–water partition coefficient (Wildman–Crippen LogP) is 5.87. The van der Waals surface area contributed by atoms with Gasteiger partial charge in [-0.05, 0) is 84.4 Å². The number of unbranched alkanes of at least 4 members (excludes halogenated alkanes) is 1. The van der Waals surface area contributed by atoms with Crippen LogP contribution in [0, 0.1) is 0 Å². The lowest BCUT2D eigenvalue weighted by Gasteiger charge is -2.40. The van der Waals surface area contributed by atoms with Crippen molar-refractivity contribution in [3.63, 3.8) is 0 Å². The fourth-order valence-corrected chi connectivity index (χ4v) is 6.36. The number of aromatic hydroxyl groups is 1. The standard InChI is InChI=1S/C31H40ClN3O3S/c1-33(31(38)24-7-3-2-4-8-24)22-26(25-10-11-30(37)28(32)21-25)12-14-34-15-17-35(18-16-34)29(9-5-6-19-36)27-13-20-39-23-27/h2-4,7-8,10-11,13,20-21,23,26,29,36-37H,5-6,9,12,14-19,22H2,1H3/t26?,29-/m1/s1. The van der Waals surface area contributed by atoms with Gasteiger partial charge in [-0.15, -0.1) is 0 Å². The summed E-state index contributed by atoms with van der Waals surface area (Å²) in [6, 6.07) is 17.4. The average molecular weight is 570 g/mol. The number of hydrogen-bond donors (Lipinski definition) is 2. The average Bonchev–Trinajstić information content (AvgIpc) is 3.50. The Morgan fingerprint density at radius 1 is 1.03 bits per heavy atom. The van der Waals surface area contributed by atoms with Crippen molar-refractivity contribution in [3.8, 4) is 5.75 Å². The highest BCUT2D eigenvalue weighted by molar-refractivity contribution is 7.08. The third kappa shape index (κ3) is 8.29. The highest BCUT2D eigenvalue weighted by atomic mass is 35.5. The molecule has 1 amide bonds. The number of benzene rings is 2. The number of nitrogens with zero attached hydrogens (tertiary/aromatic N) is 3. The number of aliphatic hydroxyl groups is 1. The van der Waals surface area contributed by atoms with Gasteiger partial charge >= 0.3 is 0 Å². The van der Waals surface area contributed by atoms with Crippen LogP contribution in [0.15, 0.2) is 65.4 Å². The van der Waals surface area contributed by atoms with Gasteiger partial charge in [-0.1, -0.05) is 35.9 Å². The van der Waals surface area contributed by atoms with Crippen LogP contribution in [0.3, 0.4) is 0 Å². The molecule has 2 N–H and O–H groups in total. The molecular formula is C31H40ClN3O3S. The van der Waals surface area contributed by atoms with Gasteiger partial charge in [-0.25, -0.2) is 0 Å². The van der Waals surface area contributed by atoms with E-state index < -0.39 is 0 Å². The molecule has 39 heavy (non-hydrogen) atoms. The second-order valence-corrected chi connectivity index (χ2v) is 11.6. The summed E-state index contributed by atoms with van der Waals surface area (Å²) in [6.45, 7) is 5.79. The Labute approximate surface area is 241 Å². The third-order valence-corrected chi connectivity index (χ3v) is 8.76. The molecule has 2 aromatic carbocycles. The first-order valence-corrected chi connectivity index (χ1v) is 15.2. The zero-order chi connectivity index (χ0) is 27.6. The second-order valence-electron chi connectivity index (χ2n) is 10.4. The van der Waals surface area contributed by atoms with Gasteiger partial charge in [-0.2, -0.15) is 11.3 Å². The van der Waals surface area contributed by atoms with Crippen LogP contribution in [0.5, 0.6) is 5.75 Å². The lowest BCUT2D eigenvalue weighted by Crippen LogP contribution is -2.48. The van der Waals surface area contributed by atoms with E-state index in [0.29, 0.717) is 23.2 Å². The molecule has 8 heteroatoms. The second kappa shape index (κ2) is 14.8. The van der Waals surface area contributed by atoms with Crippen molar-refractivity contribution in [1.82, 2.24) is 14.7 Å². The van der Waals surface area contributed by atoms with Gasteiger partial charge < -0.3 is 20.0 Å². The summed E-state index contributed by atoms with van der Waals surface area (Å²) < 4.78 is 0. The van der Waals surface area contributed by atoms with Crippen LogP contribution in [-0.4, -0.2) is 83.7 Å². The fourth-order valence-electron chi connectivity index (χ4n) is 5.47. The van der Waals surface area contributed by atoms with E-state index in [1.165, 1.54) is 5.56 Å². The summed E-state index contributed by atoms with van der Waals surface area (Å²) in [5, 5.41) is 24.0. The van der Waals surface area contributed by atoms with Crippen molar-refractivity contribution in [1.29, 1.82) is 0 Å². The van der Waals surface area contributed by atoms with Crippen molar-refractivity contribution < 1.29 is 15.0 Å². The minimum atomic E-state index is -0.000222. The smallest absolute Gasteiger partial charge is 0.253 e. The molecule has 4 rings (SSSR count). The number of aliphatic hydroxyl groups excluding tert-OH is 1. The van der Waals surface area contributed by atoms with Crippen LogP contribution in [0.4, 0.5) is 0 Å². The van der Waals surface area contributed by atoms with E-state index in [1.807, 2.05) is 49.5 Å². The molecule has 0 spiro atoms. The molecule has 0 radical (unpaired) electrons. The van der Waals surface area contributed by atoms with Gasteiger partial charge in [0.15, 0.2) is 0 Å². The Hall–Kier alpha value is -2.42. The molecule has 1 aliphatic heterocycles. The Balaban J connectivity index is 1.37. The highest BCUT2D eigenvalue weighted by Crippen LogP contribution is 2.31. The first kappa shape index (κ1) is 29.6. The Morgan fingerprint density at radius 2 is 1.79 bits per heavy atom. The predicted molar refractivity (Wildman–Crippen MR) is 160 cm³/mol. The lowest BCUT2D eigenvalue weighted by molar-refractivity contribution is 0.0766. The number of rotatable bonds is 13. The molecule has 1 aromatic heterocycles. The zero-order valence-corrected chi connectivity index (χ0v) is 24.3. The minimum Gasteiger partial charge on any atom is -0.506 e. The van der Waals surface area contributed by atoms with Crippen LogP contribution in [0.25, 0.3) is 0 Å². The Bertz CT molecular complexity index is 1150. The number of carbonyl (C=O) groups is 1. The van der Waals surface area contributed by atoms with E-state index in [2.05, 4.69) is 26.6 Å². The van der Waals surface area contributed by atoms with Crippen molar-refractivity contribution in [2.75, 3.05) is 52.9 Å². The number of amides is 1. The van der Waals surface area contributed by atoms with Crippen LogP contribution < -0.4 is 0 Å². The number of carbonyl (C=O) groups excluding carboxylic acids is 1. The lowest BCUT2D eigenvalue weighted by atomic mass is 9.94. The molecule has 2 heterocycles. The minimum absolute atomic E-state index is 0.000222. The largest absolute Gasteiger partial charge is 0.506 e. The van der Waals surface area contributed by atoms with Crippen molar-refractivity contribution in [2.24, 2.45) is 0 Å². The number of hydrogen-bond acceptors (Lipinski definition) is 6. The molecular weight excluding hydrogens is 530 g/mol. The number of halogens is 1. The van der Waals surface area contributed by atoms with E-state index in [9.17, 15) is 15.0 Å². The molecule has 1 unspecified atom stereocenters. The van der Waals surface area contributed by atoms with E-state index >= 15 is 0 Å². The number of piperazine rings is 1. The summed E-state index contributed by atoms with van der Waals surface area (Å²) in [7, 11) is 1.85. The van der Waals surface area contributed by atoms with Gasteiger partial charge in [-0.3, -0.25) is 9.69 Å². The van der Waals surface area contributed by atoms with Crippen LogP contribution >= 0.6 is 22.9 Å². The van der Waals surface area contributed by atoms with E-state index in [-0.39, 0.29) is 24.2 Å². The first-order valence-electron chi connectivity index (χ1n) is 13.8. The Morgan fingerprint density at radius 3 is 2.46 bits per heavy atom. The molecule has 210 valence electrons. The molecule has 0 aliphatic carbocycles. The van der Waals surface area contributed by atoms with Crippen LogP contribution in [0.1, 0.15) is 59.1 Å². The zero-order valence-electron chi connectivity index (χ0n) is 22.7. The molecule has 0 bridgehead atoms. The number of thiophene rings is 1. The highest BCUT2D eigenvalue weighted by Gasteiger charge is 2.26. The van der Waals surface area contributed by atoms with Gasteiger partial charge in [0, 0.05) is 63.9 Å². The maximum atomic E-state index is 13.1. The van der Waals surface area contributed by atoms with E-state index in [4.69, 9.17) is 11.6 Å². The molecule has 1 fully saturated rings. The summed E-state index contributed by atoms with van der Waals surface area (Å²) in [5.41, 5.74) is 3.10. The normalized spacial score (nSPS) is 16.2. The quantitative estimate of drug-likeness (QED) is 0.252. The van der Waals surface area contributed by atoms with Crippen molar-refractivity contribution in [2.45, 2.75) is 37.6 Å². The third-order valence-electron chi connectivity index (χ3n) is 7.76. The molecule has 6 nitrogen and oxygen atoms in total. The first-order chi connectivity index (χ1) is 19.0. The van der Waals surface area contributed by atoms with E-state index in [0.717, 1.165) is 64.0 Å². The number of phenols is 1. The summed E-state index contributed by atoms with van der Waals surface area (Å²) in [5.74, 6) is 0.166. The topological polar surface area (TPSA) is 67.2 Å². The van der Waals surface area contributed by atoms with Crippen LogP contribution in [0.2, 0.25) is 5.02 Å². The fraction of sp³-hybridized carbons (Fsp3) is 0.452. The van der Waals surface area contributed by atoms with Gasteiger partial charge in [0.1, 0.15) is 5.75 Å². The van der Waals surface area contributed by atoms with E-state index in [1.54, 1.807) is 22.3 Å². The number of likely N-dealkylation sites (N-methyl/N-ethyl adjacent to an activating group) is 1. The van der Waals surface area contributed by atoms with Crippen molar-refractivity contribution >= 4 is 28.8 Å². The summed E-state index contributed by atoms with van der Waals surface area (Å²) in [4.78, 5) is 20.0. The summed E-state index contributed by atoms with van der Waals surface area (Å²) >= 11 is 8.02. The molecule has 1 aliphatic rings. The van der Waals surface area contributed by atoms with Gasteiger partial charge in [0.05, 0.1) is 5.02 Å². The van der Waals surface area contributed by atoms with Crippen molar-refractivity contribution in [3.05, 3.63) is 87.1 Å². The molecule has 3 aromatic rings. The molecule has 1 saturated heterocycles. The maximum Gasteiger partial charge on any atom is 0.253 e. The summed E-state index contributed by atoms with van der Waals surface area (Å²) in [6.07, 6.45) is 3.84. The van der Waals surface area contributed by atoms with Gasteiger partial charge in [0.25, 0.3) is 5.91 Å². The monoisotopic (exact) mass is 569 g/mol.